The van der Waals surface area contributed by atoms with Gasteiger partial charge in [0.15, 0.2) is 0 Å². The molecular formula is C13H19N3O3. The van der Waals surface area contributed by atoms with Gasteiger partial charge in [-0.05, 0) is 12.5 Å². The van der Waals surface area contributed by atoms with Gasteiger partial charge in [-0.15, -0.1) is 0 Å². The minimum Gasteiger partial charge on any atom is -0.379 e. The quantitative estimate of drug-likeness (QED) is 0.602. The van der Waals surface area contributed by atoms with Gasteiger partial charge in [0, 0.05) is 25.7 Å². The standard InChI is InChI=1S/C13H19N3O3/c1-2-7-15(14-8-10-19-11-9-14)12-5-3-4-6-13(12)16(17)18/h3-6H,2,7-11H2,1H3. The van der Waals surface area contributed by atoms with Crippen LogP contribution in [0.4, 0.5) is 11.4 Å². The molecule has 0 atom stereocenters. The Kier molecular flexibility index (Phi) is 4.70. The maximum atomic E-state index is 11.1. The topological polar surface area (TPSA) is 58.8 Å². The van der Waals surface area contributed by atoms with Crippen LogP contribution < -0.4 is 5.01 Å². The lowest BCUT2D eigenvalue weighted by molar-refractivity contribution is -0.384. The molecule has 0 amide bonds. The molecule has 0 unspecified atom stereocenters. The van der Waals surface area contributed by atoms with Gasteiger partial charge in [0.1, 0.15) is 5.69 Å². The summed E-state index contributed by atoms with van der Waals surface area (Å²) in [5.74, 6) is 0. The van der Waals surface area contributed by atoms with Crippen LogP contribution in [0.15, 0.2) is 24.3 Å². The Balaban J connectivity index is 2.29. The Hall–Kier alpha value is -1.66. The van der Waals surface area contributed by atoms with Crippen molar-refractivity contribution in [2.24, 2.45) is 0 Å². The summed E-state index contributed by atoms with van der Waals surface area (Å²) in [5, 5.41) is 15.3. The van der Waals surface area contributed by atoms with Crippen molar-refractivity contribution < 1.29 is 9.66 Å². The Labute approximate surface area is 112 Å². The van der Waals surface area contributed by atoms with Gasteiger partial charge in [0.25, 0.3) is 5.69 Å². The molecule has 0 saturated carbocycles. The SMILES string of the molecule is CCCN(c1ccccc1[N+](=O)[O-])N1CCOCC1. The van der Waals surface area contributed by atoms with E-state index in [0.29, 0.717) is 18.9 Å². The van der Waals surface area contributed by atoms with Crippen LogP contribution in [0.5, 0.6) is 0 Å². The molecule has 1 saturated heterocycles. The molecule has 1 aliphatic heterocycles. The summed E-state index contributed by atoms with van der Waals surface area (Å²) in [6, 6.07) is 6.90. The highest BCUT2D eigenvalue weighted by atomic mass is 16.6. The zero-order chi connectivity index (χ0) is 13.7. The summed E-state index contributed by atoms with van der Waals surface area (Å²) < 4.78 is 5.34. The number of para-hydroxylation sites is 2. The first kappa shape index (κ1) is 13.8. The number of rotatable bonds is 5. The van der Waals surface area contributed by atoms with Crippen LogP contribution >= 0.6 is 0 Å². The third-order valence-electron chi connectivity index (χ3n) is 3.12. The van der Waals surface area contributed by atoms with Crippen molar-refractivity contribution in [2.75, 3.05) is 37.9 Å². The number of nitrogens with zero attached hydrogens (tertiary/aromatic N) is 3. The second-order valence-electron chi connectivity index (χ2n) is 4.44. The van der Waals surface area contributed by atoms with Crippen molar-refractivity contribution in [3.05, 3.63) is 34.4 Å². The van der Waals surface area contributed by atoms with E-state index in [9.17, 15) is 10.1 Å². The van der Waals surface area contributed by atoms with Gasteiger partial charge < -0.3 is 4.74 Å². The van der Waals surface area contributed by atoms with E-state index in [1.165, 1.54) is 0 Å². The molecule has 6 heteroatoms. The van der Waals surface area contributed by atoms with Crippen LogP contribution in [-0.2, 0) is 4.74 Å². The second kappa shape index (κ2) is 6.49. The first-order chi connectivity index (χ1) is 9.24. The first-order valence-electron chi connectivity index (χ1n) is 6.57. The van der Waals surface area contributed by atoms with Crippen molar-refractivity contribution in [3.63, 3.8) is 0 Å². The third kappa shape index (κ3) is 3.21. The lowest BCUT2D eigenvalue weighted by atomic mass is 10.2. The van der Waals surface area contributed by atoms with Crippen molar-refractivity contribution in [3.8, 4) is 0 Å². The molecule has 0 radical (unpaired) electrons. The number of anilines is 1. The van der Waals surface area contributed by atoms with Crippen LogP contribution in [0.25, 0.3) is 0 Å². The maximum absolute atomic E-state index is 11.1. The average molecular weight is 265 g/mol. The predicted molar refractivity (Wildman–Crippen MR) is 73.1 cm³/mol. The monoisotopic (exact) mass is 265 g/mol. The predicted octanol–water partition coefficient (Wildman–Crippen LogP) is 2.06. The molecule has 1 aromatic carbocycles. The van der Waals surface area contributed by atoms with E-state index in [1.807, 2.05) is 17.1 Å². The molecule has 104 valence electrons. The fourth-order valence-corrected chi connectivity index (χ4v) is 2.26. The fourth-order valence-electron chi connectivity index (χ4n) is 2.26. The number of hydrogen-bond acceptors (Lipinski definition) is 5. The number of benzene rings is 1. The van der Waals surface area contributed by atoms with E-state index < -0.39 is 0 Å². The maximum Gasteiger partial charge on any atom is 0.293 e. The molecule has 19 heavy (non-hydrogen) atoms. The van der Waals surface area contributed by atoms with Crippen LogP contribution in [0.3, 0.4) is 0 Å². The minimum atomic E-state index is -0.321. The highest BCUT2D eigenvalue weighted by molar-refractivity contribution is 5.62. The van der Waals surface area contributed by atoms with E-state index in [2.05, 4.69) is 11.9 Å². The molecule has 0 aromatic heterocycles. The summed E-state index contributed by atoms with van der Waals surface area (Å²) in [4.78, 5) is 10.8. The molecule has 1 heterocycles. The van der Waals surface area contributed by atoms with Gasteiger partial charge in [0.2, 0.25) is 0 Å². The normalized spacial score (nSPS) is 16.3. The van der Waals surface area contributed by atoms with Crippen LogP contribution in [0.2, 0.25) is 0 Å². The smallest absolute Gasteiger partial charge is 0.293 e. The van der Waals surface area contributed by atoms with E-state index in [4.69, 9.17) is 4.74 Å². The van der Waals surface area contributed by atoms with Crippen LogP contribution in [-0.4, -0.2) is 42.8 Å². The van der Waals surface area contributed by atoms with Gasteiger partial charge >= 0.3 is 0 Å². The third-order valence-corrected chi connectivity index (χ3v) is 3.12. The molecule has 0 N–H and O–H groups in total. The van der Waals surface area contributed by atoms with Gasteiger partial charge in [-0.1, -0.05) is 19.1 Å². The summed E-state index contributed by atoms with van der Waals surface area (Å²) in [6.07, 6.45) is 0.934. The van der Waals surface area contributed by atoms with E-state index in [1.54, 1.807) is 12.1 Å². The van der Waals surface area contributed by atoms with Crippen molar-refractivity contribution >= 4 is 11.4 Å². The van der Waals surface area contributed by atoms with Gasteiger partial charge in [-0.25, -0.2) is 5.01 Å². The molecule has 0 bridgehead atoms. The molecule has 6 nitrogen and oxygen atoms in total. The molecule has 1 aromatic rings. The zero-order valence-corrected chi connectivity index (χ0v) is 11.1. The number of hydrazine groups is 1. The molecule has 0 aliphatic carbocycles. The highest BCUT2D eigenvalue weighted by Gasteiger charge is 2.24. The first-order valence-corrected chi connectivity index (χ1v) is 6.57. The lowest BCUT2D eigenvalue weighted by Crippen LogP contribution is -2.49. The minimum absolute atomic E-state index is 0.155. The Morgan fingerprint density at radius 1 is 1.37 bits per heavy atom. The zero-order valence-electron chi connectivity index (χ0n) is 11.1. The number of morpholine rings is 1. The summed E-state index contributed by atoms with van der Waals surface area (Å²) >= 11 is 0. The molecule has 1 fully saturated rings. The van der Waals surface area contributed by atoms with Gasteiger partial charge in [-0.2, -0.15) is 0 Å². The molecular weight excluding hydrogens is 246 g/mol. The van der Waals surface area contributed by atoms with Crippen molar-refractivity contribution in [1.82, 2.24) is 5.01 Å². The van der Waals surface area contributed by atoms with Gasteiger partial charge in [-0.3, -0.25) is 15.1 Å². The number of hydrogen-bond donors (Lipinski definition) is 0. The summed E-state index contributed by atoms with van der Waals surface area (Å²) in [7, 11) is 0. The number of nitro groups is 1. The average Bonchev–Trinajstić information content (AvgIpc) is 2.45. The van der Waals surface area contributed by atoms with Gasteiger partial charge in [0.05, 0.1) is 18.1 Å². The Morgan fingerprint density at radius 3 is 2.68 bits per heavy atom. The lowest BCUT2D eigenvalue weighted by Gasteiger charge is -2.38. The van der Waals surface area contributed by atoms with Crippen LogP contribution in [0, 0.1) is 10.1 Å². The fraction of sp³-hybridized carbons (Fsp3) is 0.538. The van der Waals surface area contributed by atoms with E-state index >= 15 is 0 Å². The summed E-state index contributed by atoms with van der Waals surface area (Å²) in [6.45, 7) is 5.72. The Morgan fingerprint density at radius 2 is 2.05 bits per heavy atom. The molecule has 2 rings (SSSR count). The van der Waals surface area contributed by atoms with E-state index in [-0.39, 0.29) is 10.6 Å². The number of ether oxygens (including phenoxy) is 1. The Bertz CT molecular complexity index is 433. The van der Waals surface area contributed by atoms with Crippen molar-refractivity contribution in [1.29, 1.82) is 0 Å². The summed E-state index contributed by atoms with van der Waals surface area (Å²) in [5.41, 5.74) is 0.818. The van der Waals surface area contributed by atoms with E-state index in [0.717, 1.165) is 26.1 Å². The molecule has 1 aliphatic rings. The largest absolute Gasteiger partial charge is 0.379 e. The van der Waals surface area contributed by atoms with Crippen LogP contribution in [0.1, 0.15) is 13.3 Å². The van der Waals surface area contributed by atoms with Crippen molar-refractivity contribution in [2.45, 2.75) is 13.3 Å². The number of nitro benzene ring substituents is 1. The second-order valence-corrected chi connectivity index (χ2v) is 4.44. The molecule has 0 spiro atoms. The highest BCUT2D eigenvalue weighted by Crippen LogP contribution is 2.29.